The fourth-order valence-electron chi connectivity index (χ4n) is 2.69. The standard InChI is InChI=1S/C17H13Cl2F3N2O2S/c1-2-4-16-23-14-8-12(18)13(19)9-15(14)24(16)27(25,26)11-6-3-5-10(7-11)17(20,21)22/h3,5-9H,2,4H2,1H3. The molecule has 27 heavy (non-hydrogen) atoms. The number of nitrogens with zero attached hydrogens (tertiary/aromatic N) is 2. The third-order valence-corrected chi connectivity index (χ3v) is 6.35. The highest BCUT2D eigenvalue weighted by molar-refractivity contribution is 7.90. The summed E-state index contributed by atoms with van der Waals surface area (Å²) < 4.78 is 66.3. The van der Waals surface area contributed by atoms with E-state index in [1.54, 1.807) is 0 Å². The minimum atomic E-state index is -4.66. The highest BCUT2D eigenvalue weighted by Gasteiger charge is 2.33. The first-order chi connectivity index (χ1) is 12.6. The Balaban J connectivity index is 2.30. The lowest BCUT2D eigenvalue weighted by Crippen LogP contribution is -2.17. The van der Waals surface area contributed by atoms with Crippen LogP contribution in [0.5, 0.6) is 0 Å². The average Bonchev–Trinajstić information content (AvgIpc) is 2.92. The maximum Gasteiger partial charge on any atom is 0.416 e. The zero-order chi connectivity index (χ0) is 20.0. The Morgan fingerprint density at radius 3 is 2.41 bits per heavy atom. The zero-order valence-electron chi connectivity index (χ0n) is 13.9. The maximum absolute atomic E-state index is 13.2. The van der Waals surface area contributed by atoms with E-state index in [2.05, 4.69) is 4.98 Å². The molecule has 4 nitrogen and oxygen atoms in total. The summed E-state index contributed by atoms with van der Waals surface area (Å²) in [6, 6.07) is 6.36. The second kappa shape index (κ2) is 7.00. The average molecular weight is 437 g/mol. The van der Waals surface area contributed by atoms with Crippen molar-refractivity contribution >= 4 is 44.3 Å². The zero-order valence-corrected chi connectivity index (χ0v) is 16.2. The molecular formula is C17H13Cl2F3N2O2S. The Kier molecular flexibility index (Phi) is 5.18. The summed E-state index contributed by atoms with van der Waals surface area (Å²) in [7, 11) is -4.34. The van der Waals surface area contributed by atoms with Gasteiger partial charge in [0.05, 0.1) is 31.5 Å². The molecule has 0 aliphatic rings. The predicted octanol–water partition coefficient (Wildman–Crippen LogP) is 5.55. The lowest BCUT2D eigenvalue weighted by molar-refractivity contribution is -0.137. The number of benzene rings is 2. The molecule has 0 amide bonds. The van der Waals surface area contributed by atoms with Crippen molar-refractivity contribution < 1.29 is 21.6 Å². The van der Waals surface area contributed by atoms with Gasteiger partial charge in [0.25, 0.3) is 10.0 Å². The van der Waals surface area contributed by atoms with Gasteiger partial charge in [-0.3, -0.25) is 0 Å². The molecule has 0 radical (unpaired) electrons. The number of alkyl halides is 3. The molecule has 10 heteroatoms. The molecule has 1 aromatic heterocycles. The van der Waals surface area contributed by atoms with Gasteiger partial charge < -0.3 is 0 Å². The van der Waals surface area contributed by atoms with Gasteiger partial charge in [-0.25, -0.2) is 17.4 Å². The Bertz CT molecular complexity index is 1130. The molecule has 0 saturated carbocycles. The van der Waals surface area contributed by atoms with E-state index in [9.17, 15) is 21.6 Å². The van der Waals surface area contributed by atoms with Crippen LogP contribution in [0.2, 0.25) is 10.0 Å². The molecule has 144 valence electrons. The van der Waals surface area contributed by atoms with Gasteiger partial charge in [0.1, 0.15) is 5.82 Å². The highest BCUT2D eigenvalue weighted by Crippen LogP contribution is 2.33. The molecule has 0 atom stereocenters. The first-order valence-electron chi connectivity index (χ1n) is 7.85. The summed E-state index contributed by atoms with van der Waals surface area (Å²) in [6.07, 6.45) is -3.77. The van der Waals surface area contributed by atoms with Crippen LogP contribution in [-0.2, 0) is 22.6 Å². The molecule has 0 bridgehead atoms. The van der Waals surface area contributed by atoms with Crippen LogP contribution in [0, 0.1) is 0 Å². The van der Waals surface area contributed by atoms with Crippen LogP contribution >= 0.6 is 23.2 Å². The molecule has 0 N–H and O–H groups in total. The Morgan fingerprint density at radius 2 is 1.78 bits per heavy atom. The third-order valence-electron chi connectivity index (χ3n) is 3.89. The minimum absolute atomic E-state index is 0.118. The molecule has 3 aromatic rings. The van der Waals surface area contributed by atoms with Gasteiger partial charge in [-0.1, -0.05) is 36.2 Å². The molecular weight excluding hydrogens is 424 g/mol. The van der Waals surface area contributed by atoms with E-state index in [4.69, 9.17) is 23.2 Å². The van der Waals surface area contributed by atoms with E-state index in [1.165, 1.54) is 12.1 Å². The summed E-state index contributed by atoms with van der Waals surface area (Å²) in [4.78, 5) is 3.80. The number of fused-ring (bicyclic) bond motifs is 1. The number of hydrogen-bond donors (Lipinski definition) is 0. The molecule has 0 aliphatic carbocycles. The maximum atomic E-state index is 13.2. The lowest BCUT2D eigenvalue weighted by atomic mass is 10.2. The summed E-state index contributed by atoms with van der Waals surface area (Å²) in [6.45, 7) is 1.83. The fourth-order valence-corrected chi connectivity index (χ4v) is 4.56. The van der Waals surface area contributed by atoms with Crippen molar-refractivity contribution in [3.05, 3.63) is 57.8 Å². The van der Waals surface area contributed by atoms with Gasteiger partial charge in [0.15, 0.2) is 0 Å². The number of hydrogen-bond acceptors (Lipinski definition) is 3. The Morgan fingerprint density at radius 1 is 1.11 bits per heavy atom. The number of rotatable bonds is 4. The quantitative estimate of drug-likeness (QED) is 0.538. The normalized spacial score (nSPS) is 12.7. The van der Waals surface area contributed by atoms with Crippen molar-refractivity contribution in [3.63, 3.8) is 0 Å². The van der Waals surface area contributed by atoms with Crippen LogP contribution in [0.1, 0.15) is 24.7 Å². The monoisotopic (exact) mass is 436 g/mol. The number of aryl methyl sites for hydroxylation is 1. The van der Waals surface area contributed by atoms with Gasteiger partial charge in [0, 0.05) is 6.42 Å². The second-order valence-corrected chi connectivity index (χ2v) is 8.43. The van der Waals surface area contributed by atoms with Crippen LogP contribution in [0.4, 0.5) is 13.2 Å². The highest BCUT2D eigenvalue weighted by atomic mass is 35.5. The molecule has 0 fully saturated rings. The van der Waals surface area contributed by atoms with Gasteiger partial charge in [-0.05, 0) is 36.8 Å². The van der Waals surface area contributed by atoms with Gasteiger partial charge >= 0.3 is 6.18 Å². The first-order valence-corrected chi connectivity index (χ1v) is 10.0. The predicted molar refractivity (Wildman–Crippen MR) is 97.8 cm³/mol. The van der Waals surface area contributed by atoms with Crippen LogP contribution in [0.15, 0.2) is 41.3 Å². The largest absolute Gasteiger partial charge is 0.416 e. The topological polar surface area (TPSA) is 52.0 Å². The van der Waals surface area contributed by atoms with Crippen LogP contribution in [-0.4, -0.2) is 17.4 Å². The smallest absolute Gasteiger partial charge is 0.232 e. The number of aromatic nitrogens is 2. The second-order valence-electron chi connectivity index (χ2n) is 5.83. The van der Waals surface area contributed by atoms with E-state index in [0.29, 0.717) is 24.4 Å². The van der Waals surface area contributed by atoms with Crippen LogP contribution in [0.3, 0.4) is 0 Å². The number of imidazole rings is 1. The van der Waals surface area contributed by atoms with E-state index < -0.39 is 26.7 Å². The van der Waals surface area contributed by atoms with Crippen molar-refractivity contribution in [2.45, 2.75) is 30.8 Å². The molecule has 0 spiro atoms. The van der Waals surface area contributed by atoms with Crippen molar-refractivity contribution in [2.24, 2.45) is 0 Å². The summed E-state index contributed by atoms with van der Waals surface area (Å²) in [5, 5.41) is 0.320. The molecule has 0 saturated heterocycles. The van der Waals surface area contributed by atoms with E-state index in [-0.39, 0.29) is 21.4 Å². The fraction of sp³-hybridized carbons (Fsp3) is 0.235. The number of halogens is 5. The Labute approximate surface area is 163 Å². The summed E-state index contributed by atoms with van der Waals surface area (Å²) in [5.41, 5.74) is -0.597. The van der Waals surface area contributed by atoms with Gasteiger partial charge in [-0.15, -0.1) is 0 Å². The van der Waals surface area contributed by atoms with Crippen molar-refractivity contribution in [2.75, 3.05) is 0 Å². The van der Waals surface area contributed by atoms with Crippen molar-refractivity contribution in [3.8, 4) is 0 Å². The van der Waals surface area contributed by atoms with Crippen molar-refractivity contribution in [1.82, 2.24) is 8.96 Å². The van der Waals surface area contributed by atoms with Crippen molar-refractivity contribution in [1.29, 1.82) is 0 Å². The van der Waals surface area contributed by atoms with E-state index in [1.807, 2.05) is 6.92 Å². The Hall–Kier alpha value is -1.77. The third kappa shape index (κ3) is 3.66. The van der Waals surface area contributed by atoms with Gasteiger partial charge in [-0.2, -0.15) is 13.2 Å². The van der Waals surface area contributed by atoms with Crippen LogP contribution < -0.4 is 0 Å². The lowest BCUT2D eigenvalue weighted by Gasteiger charge is -2.13. The first kappa shape index (κ1) is 20.0. The van der Waals surface area contributed by atoms with E-state index >= 15 is 0 Å². The van der Waals surface area contributed by atoms with Crippen LogP contribution in [0.25, 0.3) is 11.0 Å². The van der Waals surface area contributed by atoms with E-state index in [0.717, 1.165) is 22.2 Å². The summed E-state index contributed by atoms with van der Waals surface area (Å²) >= 11 is 12.0. The molecule has 0 aliphatic heterocycles. The summed E-state index contributed by atoms with van der Waals surface area (Å²) in [5.74, 6) is 0.197. The minimum Gasteiger partial charge on any atom is -0.232 e. The molecule has 3 rings (SSSR count). The molecule has 1 heterocycles. The molecule has 2 aromatic carbocycles. The molecule has 0 unspecified atom stereocenters. The van der Waals surface area contributed by atoms with Gasteiger partial charge in [0.2, 0.25) is 0 Å². The SMILES string of the molecule is CCCc1nc2cc(Cl)c(Cl)cc2n1S(=O)(=O)c1cccc(C(F)(F)F)c1.